The molecular weight excluding hydrogens is 459 g/mol. The van der Waals surface area contributed by atoms with Crippen LogP contribution in [0.3, 0.4) is 0 Å². The summed E-state index contributed by atoms with van der Waals surface area (Å²) in [6.07, 6.45) is -1.99. The normalized spacial score (nSPS) is 17.8. The van der Waals surface area contributed by atoms with Crippen LogP contribution in [0.15, 0.2) is 24.4 Å². The first kappa shape index (κ1) is 23.6. The molecule has 4 rings (SSSR count). The van der Waals surface area contributed by atoms with Gasteiger partial charge in [-0.25, -0.2) is 0 Å². The Balaban J connectivity index is 1.63. The van der Waals surface area contributed by atoms with E-state index in [2.05, 4.69) is 9.88 Å². The number of rotatable bonds is 3. The Hall–Kier alpha value is -2.52. The molecule has 0 N–H and O–H groups in total. The van der Waals surface area contributed by atoms with Crippen LogP contribution in [-0.2, 0) is 17.5 Å². The number of piperidine rings is 1. The fourth-order valence-corrected chi connectivity index (χ4v) is 4.73. The molecule has 0 spiro atoms. The Kier molecular flexibility index (Phi) is 6.72. The van der Waals surface area contributed by atoms with Gasteiger partial charge in [-0.05, 0) is 31.0 Å². The van der Waals surface area contributed by atoms with Crippen LogP contribution < -0.4 is 9.47 Å². The molecular formula is C23H25ClF3N3O3. The topological polar surface area (TPSA) is 54.9 Å². The maximum Gasteiger partial charge on any atom is 0.417 e. The quantitative estimate of drug-likeness (QED) is 0.637. The summed E-state index contributed by atoms with van der Waals surface area (Å²) in [5.74, 6) is 1.19. The summed E-state index contributed by atoms with van der Waals surface area (Å²) >= 11 is 6.19. The number of nitrogens with zero attached hydrogens (tertiary/aromatic N) is 3. The second-order valence-corrected chi connectivity index (χ2v) is 8.68. The number of pyridine rings is 1. The van der Waals surface area contributed by atoms with Crippen molar-refractivity contribution >= 4 is 17.5 Å². The molecule has 1 aromatic heterocycles. The van der Waals surface area contributed by atoms with Crippen LogP contribution in [0.1, 0.15) is 30.9 Å². The SMILES string of the molecule is COc1cc(-c2ncc(C(F)(F)F)cc2Cl)cc2c1OCCN(C1CCN(C(C)=O)CC1)C2. The smallest absolute Gasteiger partial charge is 0.417 e. The maximum absolute atomic E-state index is 13.0. The van der Waals surface area contributed by atoms with E-state index >= 15 is 0 Å². The molecule has 0 aliphatic carbocycles. The monoisotopic (exact) mass is 483 g/mol. The number of amides is 1. The zero-order valence-corrected chi connectivity index (χ0v) is 19.2. The predicted octanol–water partition coefficient (Wildman–Crippen LogP) is 4.63. The number of benzene rings is 1. The highest BCUT2D eigenvalue weighted by Gasteiger charge is 2.32. The number of aromatic nitrogens is 1. The van der Waals surface area contributed by atoms with Gasteiger partial charge in [-0.2, -0.15) is 13.2 Å². The molecule has 6 nitrogen and oxygen atoms in total. The molecule has 2 aliphatic heterocycles. The van der Waals surface area contributed by atoms with Crippen LogP contribution in [0, 0.1) is 0 Å². The number of likely N-dealkylation sites (tertiary alicyclic amines) is 1. The summed E-state index contributed by atoms with van der Waals surface area (Å²) in [6, 6.07) is 4.72. The second kappa shape index (κ2) is 9.38. The molecule has 2 aromatic rings. The number of hydrogen-bond acceptors (Lipinski definition) is 5. The van der Waals surface area contributed by atoms with Crippen molar-refractivity contribution < 1.29 is 27.4 Å². The number of methoxy groups -OCH3 is 1. The molecule has 33 heavy (non-hydrogen) atoms. The van der Waals surface area contributed by atoms with E-state index in [1.165, 1.54) is 7.11 Å². The van der Waals surface area contributed by atoms with E-state index in [1.54, 1.807) is 13.0 Å². The molecule has 0 atom stereocenters. The zero-order valence-electron chi connectivity index (χ0n) is 18.4. The molecule has 0 unspecified atom stereocenters. The van der Waals surface area contributed by atoms with Crippen molar-refractivity contribution in [2.75, 3.05) is 33.4 Å². The van der Waals surface area contributed by atoms with Gasteiger partial charge in [0.2, 0.25) is 5.91 Å². The van der Waals surface area contributed by atoms with Crippen molar-refractivity contribution in [2.45, 2.75) is 38.5 Å². The lowest BCUT2D eigenvalue weighted by Crippen LogP contribution is -2.46. The van der Waals surface area contributed by atoms with Crippen molar-refractivity contribution in [2.24, 2.45) is 0 Å². The lowest BCUT2D eigenvalue weighted by molar-refractivity contribution is -0.137. The van der Waals surface area contributed by atoms with Crippen molar-refractivity contribution in [3.05, 3.63) is 40.5 Å². The van der Waals surface area contributed by atoms with Crippen LogP contribution in [0.25, 0.3) is 11.3 Å². The van der Waals surface area contributed by atoms with Gasteiger partial charge in [-0.1, -0.05) is 11.6 Å². The van der Waals surface area contributed by atoms with Crippen molar-refractivity contribution in [1.29, 1.82) is 0 Å². The first-order valence-corrected chi connectivity index (χ1v) is 11.1. The molecule has 0 radical (unpaired) electrons. The van der Waals surface area contributed by atoms with Gasteiger partial charge in [0.1, 0.15) is 6.61 Å². The van der Waals surface area contributed by atoms with Gasteiger partial charge in [-0.3, -0.25) is 14.7 Å². The van der Waals surface area contributed by atoms with Gasteiger partial charge >= 0.3 is 6.18 Å². The number of alkyl halides is 3. The molecule has 2 aliphatic rings. The number of fused-ring (bicyclic) bond motifs is 1. The highest BCUT2D eigenvalue weighted by molar-refractivity contribution is 6.33. The standard InChI is InChI=1S/C23H25ClF3N3O3/c1-14(31)29-5-3-18(4-6-29)30-7-8-33-22-16(13-30)9-15(10-20(22)32-2)21-19(24)11-17(12-28-21)23(25,26)27/h9-12,18H,3-8,13H2,1-2H3. The van der Waals surface area contributed by atoms with E-state index in [9.17, 15) is 18.0 Å². The Bertz CT molecular complexity index is 1040. The predicted molar refractivity (Wildman–Crippen MR) is 117 cm³/mol. The van der Waals surface area contributed by atoms with E-state index in [0.717, 1.165) is 50.3 Å². The van der Waals surface area contributed by atoms with Gasteiger partial charge in [0.25, 0.3) is 0 Å². The summed E-state index contributed by atoms with van der Waals surface area (Å²) in [5, 5.41) is -0.0881. The van der Waals surface area contributed by atoms with E-state index in [-0.39, 0.29) is 16.6 Å². The summed E-state index contributed by atoms with van der Waals surface area (Å²) in [5.41, 5.74) is 0.760. The molecule has 178 valence electrons. The highest BCUT2D eigenvalue weighted by atomic mass is 35.5. The van der Waals surface area contributed by atoms with E-state index in [1.807, 2.05) is 11.0 Å². The van der Waals surface area contributed by atoms with Crippen molar-refractivity contribution in [3.63, 3.8) is 0 Å². The van der Waals surface area contributed by atoms with Gasteiger partial charge in [-0.15, -0.1) is 0 Å². The second-order valence-electron chi connectivity index (χ2n) is 8.28. The van der Waals surface area contributed by atoms with Crippen LogP contribution in [0.4, 0.5) is 13.2 Å². The highest BCUT2D eigenvalue weighted by Crippen LogP contribution is 2.41. The first-order valence-electron chi connectivity index (χ1n) is 10.7. The fraction of sp³-hybridized carbons (Fsp3) is 0.478. The van der Waals surface area contributed by atoms with Gasteiger partial charge in [0.05, 0.1) is 23.4 Å². The Morgan fingerprint density at radius 3 is 2.55 bits per heavy atom. The number of carbonyl (C=O) groups is 1. The van der Waals surface area contributed by atoms with Crippen LogP contribution in [0.2, 0.25) is 5.02 Å². The van der Waals surface area contributed by atoms with E-state index < -0.39 is 11.7 Å². The van der Waals surface area contributed by atoms with Gasteiger partial charge in [0.15, 0.2) is 11.5 Å². The summed E-state index contributed by atoms with van der Waals surface area (Å²) in [7, 11) is 1.52. The lowest BCUT2D eigenvalue weighted by Gasteiger charge is -2.37. The molecule has 1 amide bonds. The lowest BCUT2D eigenvalue weighted by atomic mass is 10.0. The Labute approximate surface area is 195 Å². The van der Waals surface area contributed by atoms with Crippen molar-refractivity contribution in [3.8, 4) is 22.8 Å². The number of hydrogen-bond donors (Lipinski definition) is 0. The number of carbonyl (C=O) groups excluding carboxylic acids is 1. The third-order valence-corrected chi connectivity index (χ3v) is 6.51. The van der Waals surface area contributed by atoms with E-state index in [4.69, 9.17) is 21.1 Å². The van der Waals surface area contributed by atoms with Crippen LogP contribution >= 0.6 is 11.6 Å². The third kappa shape index (κ3) is 5.04. The minimum atomic E-state index is -4.52. The maximum atomic E-state index is 13.0. The van der Waals surface area contributed by atoms with Gasteiger partial charge in [0, 0.05) is 56.5 Å². The first-order chi connectivity index (χ1) is 15.7. The summed E-state index contributed by atoms with van der Waals surface area (Å²) < 4.78 is 50.6. The van der Waals surface area contributed by atoms with Crippen molar-refractivity contribution in [1.82, 2.24) is 14.8 Å². The minimum Gasteiger partial charge on any atom is -0.493 e. The molecule has 10 heteroatoms. The fourth-order valence-electron chi connectivity index (χ4n) is 4.46. The summed E-state index contributed by atoms with van der Waals surface area (Å²) in [6.45, 7) is 4.82. The summed E-state index contributed by atoms with van der Waals surface area (Å²) in [4.78, 5) is 19.8. The number of halogens is 4. The van der Waals surface area contributed by atoms with E-state index in [0.29, 0.717) is 36.3 Å². The van der Waals surface area contributed by atoms with Crippen LogP contribution in [-0.4, -0.2) is 60.1 Å². The molecule has 3 heterocycles. The Morgan fingerprint density at radius 1 is 1.21 bits per heavy atom. The zero-order chi connectivity index (χ0) is 23.8. The average Bonchev–Trinajstić information content (AvgIpc) is 3.00. The molecule has 1 aromatic carbocycles. The molecule has 1 saturated heterocycles. The van der Waals surface area contributed by atoms with Gasteiger partial charge < -0.3 is 14.4 Å². The third-order valence-electron chi connectivity index (χ3n) is 6.22. The Morgan fingerprint density at radius 2 is 1.94 bits per heavy atom. The molecule has 0 saturated carbocycles. The molecule has 1 fully saturated rings. The largest absolute Gasteiger partial charge is 0.493 e. The average molecular weight is 484 g/mol. The minimum absolute atomic E-state index is 0.0881. The van der Waals surface area contributed by atoms with Crippen LogP contribution in [0.5, 0.6) is 11.5 Å². The number of ether oxygens (including phenoxy) is 2. The molecule has 0 bridgehead atoms.